The molecule has 0 saturated carbocycles. The normalized spacial score (nSPS) is 25.6. The smallest absolute Gasteiger partial charge is 0.251 e. The van der Waals surface area contributed by atoms with Crippen LogP contribution in [0.4, 0.5) is 13.2 Å². The Morgan fingerprint density at radius 2 is 2.19 bits per heavy atom. The molecule has 1 unspecified atom stereocenters. The standard InChI is InChI=1S/C10H12F3N3/c11-7-1-2-8(15-6-7)9-5-10(12,13)3-4-16(9)14/h1-2,6,9H,3-5,14H2. The lowest BCUT2D eigenvalue weighted by Crippen LogP contribution is -2.45. The monoisotopic (exact) mass is 231 g/mol. The number of aromatic nitrogens is 1. The minimum atomic E-state index is -2.73. The molecule has 1 atom stereocenters. The van der Waals surface area contributed by atoms with Crippen molar-refractivity contribution in [2.24, 2.45) is 5.84 Å². The maximum absolute atomic E-state index is 13.2. The average molecular weight is 231 g/mol. The molecule has 16 heavy (non-hydrogen) atoms. The van der Waals surface area contributed by atoms with Crippen molar-refractivity contribution in [2.75, 3.05) is 6.54 Å². The van der Waals surface area contributed by atoms with Gasteiger partial charge in [0.2, 0.25) is 0 Å². The summed E-state index contributed by atoms with van der Waals surface area (Å²) >= 11 is 0. The van der Waals surface area contributed by atoms with Gasteiger partial charge < -0.3 is 0 Å². The van der Waals surface area contributed by atoms with E-state index in [-0.39, 0.29) is 19.4 Å². The van der Waals surface area contributed by atoms with Crippen LogP contribution in [-0.2, 0) is 0 Å². The second kappa shape index (κ2) is 4.03. The van der Waals surface area contributed by atoms with Crippen molar-refractivity contribution in [3.8, 4) is 0 Å². The summed E-state index contributed by atoms with van der Waals surface area (Å²) < 4.78 is 39.1. The third kappa shape index (κ3) is 2.33. The molecular weight excluding hydrogens is 219 g/mol. The van der Waals surface area contributed by atoms with E-state index in [1.807, 2.05) is 0 Å². The number of piperidine rings is 1. The summed E-state index contributed by atoms with van der Waals surface area (Å²) in [5.41, 5.74) is 0.378. The van der Waals surface area contributed by atoms with Gasteiger partial charge in [-0.1, -0.05) is 0 Å². The van der Waals surface area contributed by atoms with Gasteiger partial charge in [0.05, 0.1) is 17.9 Å². The molecule has 2 rings (SSSR count). The summed E-state index contributed by atoms with van der Waals surface area (Å²) in [5, 5.41) is 1.33. The Morgan fingerprint density at radius 3 is 2.81 bits per heavy atom. The lowest BCUT2D eigenvalue weighted by atomic mass is 9.97. The van der Waals surface area contributed by atoms with Crippen molar-refractivity contribution in [1.29, 1.82) is 0 Å². The molecule has 6 heteroatoms. The van der Waals surface area contributed by atoms with E-state index in [0.29, 0.717) is 5.69 Å². The topological polar surface area (TPSA) is 42.1 Å². The first-order chi connectivity index (χ1) is 7.48. The minimum absolute atomic E-state index is 0.108. The number of alkyl halides is 2. The number of nitrogens with zero attached hydrogens (tertiary/aromatic N) is 2. The molecule has 0 aromatic carbocycles. The van der Waals surface area contributed by atoms with E-state index in [1.165, 1.54) is 17.1 Å². The number of rotatable bonds is 1. The van der Waals surface area contributed by atoms with Gasteiger partial charge in [0.15, 0.2) is 0 Å². The van der Waals surface area contributed by atoms with Crippen LogP contribution >= 0.6 is 0 Å². The van der Waals surface area contributed by atoms with Crippen LogP contribution in [-0.4, -0.2) is 22.5 Å². The molecule has 1 aliphatic heterocycles. The van der Waals surface area contributed by atoms with E-state index >= 15 is 0 Å². The molecule has 2 N–H and O–H groups in total. The van der Waals surface area contributed by atoms with Crippen LogP contribution in [0, 0.1) is 5.82 Å². The number of pyridine rings is 1. The Balaban J connectivity index is 2.21. The summed E-state index contributed by atoms with van der Waals surface area (Å²) in [4.78, 5) is 3.79. The molecule has 0 amide bonds. The fraction of sp³-hybridized carbons (Fsp3) is 0.500. The van der Waals surface area contributed by atoms with Gasteiger partial charge in [0, 0.05) is 19.4 Å². The number of halogens is 3. The highest BCUT2D eigenvalue weighted by atomic mass is 19.3. The third-order valence-electron chi connectivity index (χ3n) is 2.72. The zero-order valence-electron chi connectivity index (χ0n) is 8.54. The van der Waals surface area contributed by atoms with Crippen LogP contribution in [0.1, 0.15) is 24.6 Å². The highest BCUT2D eigenvalue weighted by molar-refractivity contribution is 5.11. The second-order valence-corrected chi connectivity index (χ2v) is 3.96. The first-order valence-electron chi connectivity index (χ1n) is 4.98. The van der Waals surface area contributed by atoms with Gasteiger partial charge in [0.25, 0.3) is 5.92 Å². The van der Waals surface area contributed by atoms with Gasteiger partial charge in [-0.25, -0.2) is 18.2 Å². The SMILES string of the molecule is NN1CCC(F)(F)CC1c1ccc(F)cn1. The minimum Gasteiger partial charge on any atom is -0.268 e. The van der Waals surface area contributed by atoms with E-state index in [1.54, 1.807) is 0 Å². The molecule has 3 nitrogen and oxygen atoms in total. The summed E-state index contributed by atoms with van der Waals surface area (Å²) in [6.07, 6.45) is 0.388. The zero-order chi connectivity index (χ0) is 11.8. The molecule has 0 aliphatic carbocycles. The third-order valence-corrected chi connectivity index (χ3v) is 2.72. The second-order valence-electron chi connectivity index (χ2n) is 3.96. The maximum Gasteiger partial charge on any atom is 0.251 e. The number of hydrogen-bond donors (Lipinski definition) is 1. The van der Waals surface area contributed by atoms with Crippen LogP contribution in [0.2, 0.25) is 0 Å². The highest BCUT2D eigenvalue weighted by Gasteiger charge is 2.40. The molecule has 1 fully saturated rings. The zero-order valence-corrected chi connectivity index (χ0v) is 8.54. The van der Waals surface area contributed by atoms with Crippen LogP contribution in [0.5, 0.6) is 0 Å². The van der Waals surface area contributed by atoms with Crippen LogP contribution < -0.4 is 5.84 Å². The lowest BCUT2D eigenvalue weighted by Gasteiger charge is -2.35. The largest absolute Gasteiger partial charge is 0.268 e. The van der Waals surface area contributed by atoms with Crippen molar-refractivity contribution in [3.63, 3.8) is 0 Å². The van der Waals surface area contributed by atoms with Gasteiger partial charge in [-0.2, -0.15) is 0 Å². The van der Waals surface area contributed by atoms with Crippen molar-refractivity contribution in [1.82, 2.24) is 9.99 Å². The molecular formula is C10H12F3N3. The number of nitrogens with two attached hydrogens (primary N) is 1. The van der Waals surface area contributed by atoms with Crippen LogP contribution in [0.3, 0.4) is 0 Å². The Labute approximate surface area is 91.0 Å². The van der Waals surface area contributed by atoms with Gasteiger partial charge in [0.1, 0.15) is 5.82 Å². The highest BCUT2D eigenvalue weighted by Crippen LogP contribution is 2.37. The van der Waals surface area contributed by atoms with E-state index in [9.17, 15) is 13.2 Å². The van der Waals surface area contributed by atoms with Crippen molar-refractivity contribution in [2.45, 2.75) is 24.8 Å². The summed E-state index contributed by atoms with van der Waals surface area (Å²) in [5.74, 6) is 2.42. The molecule has 0 radical (unpaired) electrons. The Hall–Kier alpha value is -1.14. The molecule has 1 aromatic rings. The van der Waals surface area contributed by atoms with Crippen molar-refractivity contribution >= 4 is 0 Å². The van der Waals surface area contributed by atoms with E-state index in [0.717, 1.165) is 6.20 Å². The Morgan fingerprint density at radius 1 is 1.44 bits per heavy atom. The summed E-state index contributed by atoms with van der Waals surface area (Å²) in [6, 6.07) is 1.94. The van der Waals surface area contributed by atoms with E-state index in [4.69, 9.17) is 5.84 Å². The number of hydrazine groups is 1. The van der Waals surface area contributed by atoms with Crippen molar-refractivity contribution in [3.05, 3.63) is 29.8 Å². The Kier molecular flexibility index (Phi) is 2.86. The van der Waals surface area contributed by atoms with Gasteiger partial charge in [-0.15, -0.1) is 0 Å². The molecule has 2 heterocycles. The van der Waals surface area contributed by atoms with Gasteiger partial charge in [-0.05, 0) is 12.1 Å². The quantitative estimate of drug-likeness (QED) is 0.750. The summed E-state index contributed by atoms with van der Waals surface area (Å²) in [7, 11) is 0. The molecule has 0 spiro atoms. The van der Waals surface area contributed by atoms with Crippen molar-refractivity contribution < 1.29 is 13.2 Å². The number of hydrogen-bond acceptors (Lipinski definition) is 3. The predicted octanol–water partition coefficient (Wildman–Crippen LogP) is 1.87. The van der Waals surface area contributed by atoms with E-state index in [2.05, 4.69) is 4.98 Å². The van der Waals surface area contributed by atoms with Gasteiger partial charge in [-0.3, -0.25) is 10.8 Å². The predicted molar refractivity (Wildman–Crippen MR) is 52.0 cm³/mol. The molecule has 88 valence electrons. The van der Waals surface area contributed by atoms with E-state index < -0.39 is 17.8 Å². The molecule has 1 saturated heterocycles. The fourth-order valence-corrected chi connectivity index (χ4v) is 1.81. The van der Waals surface area contributed by atoms with Gasteiger partial charge >= 0.3 is 0 Å². The molecule has 1 aromatic heterocycles. The van der Waals surface area contributed by atoms with Crippen LogP contribution in [0.15, 0.2) is 18.3 Å². The average Bonchev–Trinajstić information content (AvgIpc) is 2.23. The molecule has 0 bridgehead atoms. The Bertz CT molecular complexity index is 366. The first-order valence-corrected chi connectivity index (χ1v) is 4.98. The first kappa shape index (κ1) is 11.3. The molecule has 1 aliphatic rings. The maximum atomic E-state index is 13.2. The fourth-order valence-electron chi connectivity index (χ4n) is 1.81. The summed E-state index contributed by atoms with van der Waals surface area (Å²) in [6.45, 7) is 0.108. The lowest BCUT2D eigenvalue weighted by molar-refractivity contribution is -0.0807. The van der Waals surface area contributed by atoms with Crippen LogP contribution in [0.25, 0.3) is 0 Å².